The quantitative estimate of drug-likeness (QED) is 0.353. The topological polar surface area (TPSA) is 67.0 Å². The summed E-state index contributed by atoms with van der Waals surface area (Å²) in [4.78, 5) is 20.2. The molecule has 0 aliphatic heterocycles. The number of carbonyl (C=O) groups is 1. The van der Waals surface area contributed by atoms with Crippen LogP contribution in [0.3, 0.4) is 0 Å². The highest BCUT2D eigenvalue weighted by Gasteiger charge is 2.12. The highest BCUT2D eigenvalue weighted by molar-refractivity contribution is 6.33. The monoisotopic (exact) mass is 433 g/mol. The summed E-state index contributed by atoms with van der Waals surface area (Å²) in [7, 11) is 0. The molecule has 4 aromatic rings. The SMILES string of the molecule is CC[C@H](C)c1ccc(OCC(=O)Nc2ccc(Cl)c(-c3nc4ccccc4[nH]3)c2)cc1. The fourth-order valence-corrected chi connectivity index (χ4v) is 3.55. The Bertz CT molecular complexity index is 1170. The first-order valence-corrected chi connectivity index (χ1v) is 10.7. The van der Waals surface area contributed by atoms with Crippen molar-refractivity contribution in [2.24, 2.45) is 0 Å². The average Bonchev–Trinajstić information content (AvgIpc) is 3.23. The van der Waals surface area contributed by atoms with E-state index in [4.69, 9.17) is 16.3 Å². The summed E-state index contributed by atoms with van der Waals surface area (Å²) in [6.45, 7) is 4.27. The number of halogens is 1. The standard InChI is InChI=1S/C25H24ClN3O2/c1-3-16(2)17-8-11-19(12-9-17)31-15-24(30)27-18-10-13-21(26)20(14-18)25-28-22-6-4-5-7-23(22)29-25/h4-14,16H,3,15H2,1-2H3,(H,27,30)(H,28,29)/t16-/m0/s1. The Morgan fingerprint density at radius 3 is 2.65 bits per heavy atom. The molecule has 0 aliphatic carbocycles. The van der Waals surface area contributed by atoms with Crippen molar-refractivity contribution in [2.45, 2.75) is 26.2 Å². The first-order valence-electron chi connectivity index (χ1n) is 10.3. The molecule has 0 aliphatic rings. The normalized spacial score (nSPS) is 12.0. The number of anilines is 1. The van der Waals surface area contributed by atoms with Crippen molar-refractivity contribution in [3.63, 3.8) is 0 Å². The molecule has 0 spiro atoms. The molecule has 6 heteroatoms. The van der Waals surface area contributed by atoms with Gasteiger partial charge >= 0.3 is 0 Å². The molecule has 4 rings (SSSR count). The van der Waals surface area contributed by atoms with Gasteiger partial charge in [-0.1, -0.05) is 49.7 Å². The van der Waals surface area contributed by atoms with Crippen LogP contribution in [0.2, 0.25) is 5.02 Å². The summed E-state index contributed by atoms with van der Waals surface area (Å²) in [5, 5.41) is 3.41. The Kier molecular flexibility index (Phi) is 6.23. The summed E-state index contributed by atoms with van der Waals surface area (Å²) < 4.78 is 5.63. The van der Waals surface area contributed by atoms with Crippen molar-refractivity contribution in [2.75, 3.05) is 11.9 Å². The van der Waals surface area contributed by atoms with Gasteiger partial charge in [-0.2, -0.15) is 0 Å². The second-order valence-corrected chi connectivity index (χ2v) is 7.92. The molecule has 1 atom stereocenters. The summed E-state index contributed by atoms with van der Waals surface area (Å²) in [6.07, 6.45) is 1.08. The van der Waals surface area contributed by atoms with Gasteiger partial charge in [-0.15, -0.1) is 0 Å². The third-order valence-corrected chi connectivity index (χ3v) is 5.66. The predicted octanol–water partition coefficient (Wildman–Crippen LogP) is 6.41. The van der Waals surface area contributed by atoms with Gasteiger partial charge in [-0.25, -0.2) is 4.98 Å². The average molecular weight is 434 g/mol. The van der Waals surface area contributed by atoms with E-state index >= 15 is 0 Å². The Morgan fingerprint density at radius 1 is 1.13 bits per heavy atom. The van der Waals surface area contributed by atoms with E-state index in [9.17, 15) is 4.79 Å². The van der Waals surface area contributed by atoms with E-state index < -0.39 is 0 Å². The molecule has 31 heavy (non-hydrogen) atoms. The van der Waals surface area contributed by atoms with Crippen molar-refractivity contribution in [3.05, 3.63) is 77.3 Å². The highest BCUT2D eigenvalue weighted by atomic mass is 35.5. The zero-order valence-electron chi connectivity index (χ0n) is 17.5. The third kappa shape index (κ3) is 4.89. The van der Waals surface area contributed by atoms with Crippen molar-refractivity contribution < 1.29 is 9.53 Å². The lowest BCUT2D eigenvalue weighted by Crippen LogP contribution is -2.20. The second-order valence-electron chi connectivity index (χ2n) is 7.51. The van der Waals surface area contributed by atoms with E-state index in [1.165, 1.54) is 5.56 Å². The molecule has 0 saturated heterocycles. The minimum Gasteiger partial charge on any atom is -0.484 e. The molecule has 158 valence electrons. The Balaban J connectivity index is 1.42. The van der Waals surface area contributed by atoms with Crippen LogP contribution in [0.5, 0.6) is 5.75 Å². The molecule has 3 aromatic carbocycles. The van der Waals surface area contributed by atoms with E-state index in [-0.39, 0.29) is 12.5 Å². The van der Waals surface area contributed by atoms with Gasteiger partial charge < -0.3 is 15.0 Å². The number of benzene rings is 3. The lowest BCUT2D eigenvalue weighted by atomic mass is 9.99. The molecule has 0 bridgehead atoms. The number of hydrogen-bond acceptors (Lipinski definition) is 3. The van der Waals surface area contributed by atoms with Crippen LogP contribution in [-0.4, -0.2) is 22.5 Å². The number of ether oxygens (including phenoxy) is 1. The smallest absolute Gasteiger partial charge is 0.262 e. The van der Waals surface area contributed by atoms with Crippen LogP contribution in [0.15, 0.2) is 66.7 Å². The first-order chi connectivity index (χ1) is 15.0. The Hall–Kier alpha value is -3.31. The van der Waals surface area contributed by atoms with Gasteiger partial charge in [0.25, 0.3) is 5.91 Å². The van der Waals surface area contributed by atoms with Gasteiger partial charge in [0.2, 0.25) is 0 Å². The number of rotatable bonds is 7. The van der Waals surface area contributed by atoms with Crippen molar-refractivity contribution in [3.8, 4) is 17.1 Å². The number of para-hydroxylation sites is 2. The molecule has 1 amide bonds. The number of hydrogen-bond donors (Lipinski definition) is 2. The fraction of sp³-hybridized carbons (Fsp3) is 0.200. The summed E-state index contributed by atoms with van der Waals surface area (Å²) in [5.41, 5.74) is 4.39. The first kappa shape index (κ1) is 20.9. The van der Waals surface area contributed by atoms with Gasteiger partial charge in [-0.3, -0.25) is 4.79 Å². The number of nitrogens with zero attached hydrogens (tertiary/aromatic N) is 1. The van der Waals surface area contributed by atoms with Crippen molar-refractivity contribution in [1.29, 1.82) is 0 Å². The lowest BCUT2D eigenvalue weighted by Gasteiger charge is -2.11. The maximum atomic E-state index is 12.4. The van der Waals surface area contributed by atoms with Crippen LogP contribution >= 0.6 is 11.6 Å². The maximum Gasteiger partial charge on any atom is 0.262 e. The highest BCUT2D eigenvalue weighted by Crippen LogP contribution is 2.30. The minimum absolute atomic E-state index is 0.0781. The number of H-pyrrole nitrogens is 1. The number of imidazole rings is 1. The molecule has 0 radical (unpaired) electrons. The van der Waals surface area contributed by atoms with Gasteiger partial charge in [0.1, 0.15) is 11.6 Å². The zero-order chi connectivity index (χ0) is 21.8. The fourth-order valence-electron chi connectivity index (χ4n) is 3.34. The number of carbonyl (C=O) groups excluding carboxylic acids is 1. The van der Waals surface area contributed by atoms with Gasteiger partial charge in [-0.05, 0) is 60.4 Å². The largest absolute Gasteiger partial charge is 0.484 e. The Labute approximate surface area is 186 Å². The summed E-state index contributed by atoms with van der Waals surface area (Å²) in [5.74, 6) is 1.58. The molecule has 5 nitrogen and oxygen atoms in total. The summed E-state index contributed by atoms with van der Waals surface area (Å²) >= 11 is 6.38. The van der Waals surface area contributed by atoms with Crippen LogP contribution in [0.1, 0.15) is 31.7 Å². The zero-order valence-corrected chi connectivity index (χ0v) is 18.2. The number of aromatic nitrogens is 2. The van der Waals surface area contributed by atoms with Crippen LogP contribution in [0.25, 0.3) is 22.4 Å². The molecule has 1 heterocycles. The van der Waals surface area contributed by atoms with Gasteiger partial charge in [0.15, 0.2) is 6.61 Å². The molecule has 0 saturated carbocycles. The number of fused-ring (bicyclic) bond motifs is 1. The molecule has 0 fully saturated rings. The lowest BCUT2D eigenvalue weighted by molar-refractivity contribution is -0.118. The van der Waals surface area contributed by atoms with Crippen molar-refractivity contribution >= 4 is 34.2 Å². The molecular weight excluding hydrogens is 410 g/mol. The predicted molar refractivity (Wildman–Crippen MR) is 126 cm³/mol. The molecular formula is C25H24ClN3O2. The van der Waals surface area contributed by atoms with Crippen LogP contribution in [0.4, 0.5) is 5.69 Å². The van der Waals surface area contributed by atoms with Gasteiger partial charge in [0.05, 0.1) is 16.1 Å². The van der Waals surface area contributed by atoms with Crippen molar-refractivity contribution in [1.82, 2.24) is 9.97 Å². The van der Waals surface area contributed by atoms with E-state index in [0.717, 1.165) is 23.0 Å². The second kappa shape index (κ2) is 9.23. The van der Waals surface area contributed by atoms with E-state index in [0.29, 0.717) is 28.2 Å². The number of nitrogens with one attached hydrogen (secondary N) is 2. The van der Waals surface area contributed by atoms with Crippen LogP contribution in [-0.2, 0) is 4.79 Å². The van der Waals surface area contributed by atoms with Crippen LogP contribution in [0, 0.1) is 0 Å². The third-order valence-electron chi connectivity index (χ3n) is 5.33. The Morgan fingerprint density at radius 2 is 1.90 bits per heavy atom. The van der Waals surface area contributed by atoms with Gasteiger partial charge in [0, 0.05) is 11.3 Å². The van der Waals surface area contributed by atoms with E-state index in [1.54, 1.807) is 18.2 Å². The van der Waals surface area contributed by atoms with Crippen LogP contribution < -0.4 is 10.1 Å². The molecule has 0 unspecified atom stereocenters. The molecule has 1 aromatic heterocycles. The van der Waals surface area contributed by atoms with E-state index in [2.05, 4.69) is 29.1 Å². The minimum atomic E-state index is -0.246. The van der Waals surface area contributed by atoms with E-state index in [1.807, 2.05) is 48.5 Å². The number of amides is 1. The molecule has 2 N–H and O–H groups in total. The summed E-state index contributed by atoms with van der Waals surface area (Å²) in [6, 6.07) is 21.0. The number of aromatic amines is 1. The maximum absolute atomic E-state index is 12.4.